The highest BCUT2D eigenvalue weighted by Gasteiger charge is 2.23. The molecule has 3 heterocycles. The van der Waals surface area contributed by atoms with Crippen molar-refractivity contribution in [2.45, 2.75) is 4.90 Å². The fourth-order valence-corrected chi connectivity index (χ4v) is 4.57. The van der Waals surface area contributed by atoms with Gasteiger partial charge in [-0.15, -0.1) is 0 Å². The molecule has 1 amide bonds. The van der Waals surface area contributed by atoms with Crippen molar-refractivity contribution >= 4 is 32.8 Å². The van der Waals surface area contributed by atoms with Crippen molar-refractivity contribution in [1.82, 2.24) is 13.9 Å². The Hall–Kier alpha value is -3.92. The number of benzene rings is 1. The number of rotatable bonds is 5. The Labute approximate surface area is 178 Å². The number of ether oxygens (including phenoxy) is 2. The summed E-state index contributed by atoms with van der Waals surface area (Å²) in [5.74, 6) is 0.454. The minimum absolute atomic E-state index is 0.147. The van der Waals surface area contributed by atoms with E-state index in [0.29, 0.717) is 22.0 Å². The van der Waals surface area contributed by atoms with Crippen molar-refractivity contribution in [3.63, 3.8) is 0 Å². The molecule has 0 saturated heterocycles. The number of carbonyl (C=O) groups excluding carboxylic acids is 1. The number of nitrogens with zero attached hydrogens (tertiary/aromatic N) is 3. The first-order valence-corrected chi connectivity index (χ1v) is 10.6. The molecule has 0 saturated carbocycles. The van der Waals surface area contributed by atoms with Gasteiger partial charge in [0.1, 0.15) is 11.3 Å². The van der Waals surface area contributed by atoms with Crippen LogP contribution in [0, 0.1) is 0 Å². The molecule has 0 radical (unpaired) electrons. The molecule has 0 aliphatic heterocycles. The van der Waals surface area contributed by atoms with Crippen LogP contribution in [0.25, 0.3) is 22.0 Å². The fourth-order valence-electron chi connectivity index (χ4n) is 3.20. The highest BCUT2D eigenvalue weighted by atomic mass is 32.2. The van der Waals surface area contributed by atoms with Crippen molar-refractivity contribution in [3.8, 4) is 17.0 Å². The zero-order valence-corrected chi connectivity index (χ0v) is 17.5. The lowest BCUT2D eigenvalue weighted by Crippen LogP contribution is -2.12. The van der Waals surface area contributed by atoms with Gasteiger partial charge in [-0.05, 0) is 35.9 Å². The van der Waals surface area contributed by atoms with E-state index in [4.69, 9.17) is 4.74 Å². The summed E-state index contributed by atoms with van der Waals surface area (Å²) in [7, 11) is -1.19. The van der Waals surface area contributed by atoms with Gasteiger partial charge in [-0.3, -0.25) is 5.32 Å². The Balaban J connectivity index is 1.90. The van der Waals surface area contributed by atoms with E-state index in [1.807, 2.05) is 0 Å². The van der Waals surface area contributed by atoms with Gasteiger partial charge in [-0.1, -0.05) is 18.2 Å². The van der Waals surface area contributed by atoms with E-state index in [1.54, 1.807) is 42.6 Å². The van der Waals surface area contributed by atoms with Crippen LogP contribution in [0.2, 0.25) is 0 Å². The molecule has 0 aliphatic carbocycles. The van der Waals surface area contributed by atoms with Crippen molar-refractivity contribution in [1.29, 1.82) is 0 Å². The smallest absolute Gasteiger partial charge is 0.412 e. The van der Waals surface area contributed by atoms with E-state index in [1.165, 1.54) is 38.7 Å². The molecule has 4 aromatic rings. The zero-order valence-electron chi connectivity index (χ0n) is 16.6. The van der Waals surface area contributed by atoms with Crippen LogP contribution >= 0.6 is 0 Å². The summed E-state index contributed by atoms with van der Waals surface area (Å²) < 4.78 is 37.6. The third-order valence-electron chi connectivity index (χ3n) is 4.64. The molecule has 0 aliphatic rings. The second kappa shape index (κ2) is 8.07. The first-order chi connectivity index (χ1) is 15.0. The molecular formula is C21H18N4O5S. The van der Waals surface area contributed by atoms with Gasteiger partial charge in [0, 0.05) is 29.5 Å². The first kappa shape index (κ1) is 20.4. The van der Waals surface area contributed by atoms with E-state index < -0.39 is 16.1 Å². The molecule has 0 spiro atoms. The molecule has 9 nitrogen and oxygen atoms in total. The normalized spacial score (nSPS) is 11.3. The number of anilines is 1. The summed E-state index contributed by atoms with van der Waals surface area (Å²) >= 11 is 0. The SMILES string of the molecule is COC(=O)Nc1cc(-c2cnc(OC)c3c2ccn3S(=O)(=O)c2ccccc2)ccn1. The van der Waals surface area contributed by atoms with Crippen LogP contribution in [0.15, 0.2) is 72.0 Å². The van der Waals surface area contributed by atoms with Gasteiger partial charge < -0.3 is 9.47 Å². The Morgan fingerprint density at radius 2 is 1.84 bits per heavy atom. The average molecular weight is 438 g/mol. The summed E-state index contributed by atoms with van der Waals surface area (Å²) in [6, 6.07) is 13.2. The molecule has 1 N–H and O–H groups in total. The van der Waals surface area contributed by atoms with Gasteiger partial charge in [-0.2, -0.15) is 0 Å². The van der Waals surface area contributed by atoms with Crippen LogP contribution in [-0.2, 0) is 14.8 Å². The standard InChI is InChI=1S/C21H18N4O5S/c1-29-20-19-16(9-11-25(19)31(27,28)15-6-4-3-5-7-15)17(13-23-20)14-8-10-22-18(12-14)24-21(26)30-2/h3-13H,1-2H3,(H,22,24,26). The third kappa shape index (κ3) is 3.68. The summed E-state index contributed by atoms with van der Waals surface area (Å²) in [5.41, 5.74) is 1.63. The van der Waals surface area contributed by atoms with Crippen LogP contribution < -0.4 is 10.1 Å². The molecule has 31 heavy (non-hydrogen) atoms. The lowest BCUT2D eigenvalue weighted by atomic mass is 10.1. The highest BCUT2D eigenvalue weighted by molar-refractivity contribution is 7.90. The number of amides is 1. The van der Waals surface area contributed by atoms with Crippen LogP contribution in [0.4, 0.5) is 10.6 Å². The number of hydrogen-bond acceptors (Lipinski definition) is 7. The fraction of sp³-hybridized carbons (Fsp3) is 0.0952. The Kier molecular flexibility index (Phi) is 5.30. The number of nitrogens with one attached hydrogen (secondary N) is 1. The van der Waals surface area contributed by atoms with E-state index in [-0.39, 0.29) is 16.6 Å². The number of methoxy groups -OCH3 is 2. The maximum absolute atomic E-state index is 13.2. The molecule has 0 unspecified atom stereocenters. The number of aromatic nitrogens is 3. The van der Waals surface area contributed by atoms with Gasteiger partial charge in [0.2, 0.25) is 5.88 Å². The topological polar surface area (TPSA) is 112 Å². The van der Waals surface area contributed by atoms with Crippen molar-refractivity contribution in [3.05, 3.63) is 67.1 Å². The lowest BCUT2D eigenvalue weighted by Gasteiger charge is -2.12. The maximum atomic E-state index is 13.2. The number of hydrogen-bond donors (Lipinski definition) is 1. The van der Waals surface area contributed by atoms with E-state index in [2.05, 4.69) is 20.0 Å². The molecule has 4 rings (SSSR count). The van der Waals surface area contributed by atoms with Gasteiger partial charge in [0.25, 0.3) is 10.0 Å². The average Bonchev–Trinajstić information content (AvgIpc) is 3.25. The molecule has 0 bridgehead atoms. The quantitative estimate of drug-likeness (QED) is 0.507. The Morgan fingerprint density at radius 1 is 1.06 bits per heavy atom. The molecule has 0 fully saturated rings. The van der Waals surface area contributed by atoms with Crippen molar-refractivity contribution in [2.75, 3.05) is 19.5 Å². The second-order valence-corrected chi connectivity index (χ2v) is 8.23. The summed E-state index contributed by atoms with van der Waals surface area (Å²) in [4.78, 5) is 20.0. The largest absolute Gasteiger partial charge is 0.479 e. The number of carbonyl (C=O) groups is 1. The minimum Gasteiger partial charge on any atom is -0.479 e. The number of pyridine rings is 2. The molecule has 10 heteroatoms. The molecular weight excluding hydrogens is 420 g/mol. The van der Waals surface area contributed by atoms with Gasteiger partial charge in [-0.25, -0.2) is 27.2 Å². The number of fused-ring (bicyclic) bond motifs is 1. The predicted octanol–water partition coefficient (Wildman–Crippen LogP) is 3.52. The van der Waals surface area contributed by atoms with E-state index in [0.717, 1.165) is 3.97 Å². The van der Waals surface area contributed by atoms with Crippen molar-refractivity contribution in [2.24, 2.45) is 0 Å². The monoisotopic (exact) mass is 438 g/mol. The van der Waals surface area contributed by atoms with Gasteiger partial charge in [0.15, 0.2) is 0 Å². The third-order valence-corrected chi connectivity index (χ3v) is 6.33. The summed E-state index contributed by atoms with van der Waals surface area (Å²) in [6.07, 6.45) is 3.92. The second-order valence-electron chi connectivity index (χ2n) is 6.42. The molecule has 3 aromatic heterocycles. The highest BCUT2D eigenvalue weighted by Crippen LogP contribution is 2.35. The summed E-state index contributed by atoms with van der Waals surface area (Å²) in [5, 5.41) is 3.12. The maximum Gasteiger partial charge on any atom is 0.412 e. The van der Waals surface area contributed by atoms with Gasteiger partial charge >= 0.3 is 6.09 Å². The van der Waals surface area contributed by atoms with Crippen LogP contribution in [0.1, 0.15) is 0 Å². The molecule has 158 valence electrons. The first-order valence-electron chi connectivity index (χ1n) is 9.12. The molecule has 1 aromatic carbocycles. The summed E-state index contributed by atoms with van der Waals surface area (Å²) in [6.45, 7) is 0. The van der Waals surface area contributed by atoms with Crippen molar-refractivity contribution < 1.29 is 22.7 Å². The lowest BCUT2D eigenvalue weighted by molar-refractivity contribution is 0.187. The van der Waals surface area contributed by atoms with E-state index in [9.17, 15) is 13.2 Å². The Bertz CT molecular complexity index is 1370. The minimum atomic E-state index is -3.87. The zero-order chi connectivity index (χ0) is 22.0. The van der Waals surface area contributed by atoms with Crippen LogP contribution in [-0.4, -0.2) is 42.7 Å². The van der Waals surface area contributed by atoms with Crippen LogP contribution in [0.3, 0.4) is 0 Å². The van der Waals surface area contributed by atoms with E-state index >= 15 is 0 Å². The molecule has 0 atom stereocenters. The van der Waals surface area contributed by atoms with Gasteiger partial charge in [0.05, 0.1) is 19.1 Å². The van der Waals surface area contributed by atoms with Crippen LogP contribution in [0.5, 0.6) is 5.88 Å². The predicted molar refractivity (Wildman–Crippen MR) is 115 cm³/mol. The Morgan fingerprint density at radius 3 is 2.55 bits per heavy atom.